The number of rotatable bonds is 15. The minimum absolute atomic E-state index is 1.14. The van der Waals surface area contributed by atoms with Gasteiger partial charge in [-0.05, 0) is 37.0 Å². The zero-order valence-corrected chi connectivity index (χ0v) is 16.2. The van der Waals surface area contributed by atoms with Crippen molar-refractivity contribution in [3.63, 3.8) is 0 Å². The van der Waals surface area contributed by atoms with E-state index in [1.165, 1.54) is 89.9 Å². The Hall–Kier alpha value is 0. The Morgan fingerprint density at radius 3 is 1.52 bits per heavy atom. The number of hydrogen-bond donors (Lipinski definition) is 0. The van der Waals surface area contributed by atoms with Crippen molar-refractivity contribution in [1.82, 2.24) is 0 Å². The zero-order valence-electron chi connectivity index (χ0n) is 16.2. The van der Waals surface area contributed by atoms with E-state index in [2.05, 4.69) is 6.92 Å². The molecule has 0 radical (unpaired) electrons. The molecule has 2 saturated carbocycles. The topological polar surface area (TPSA) is 0 Å². The maximum absolute atomic E-state index is 2.30. The van der Waals surface area contributed by atoms with E-state index in [0.29, 0.717) is 0 Å². The summed E-state index contributed by atoms with van der Waals surface area (Å²) in [7, 11) is 0. The van der Waals surface area contributed by atoms with Crippen molar-refractivity contribution < 1.29 is 0 Å². The molecule has 2 rings (SSSR count). The lowest BCUT2D eigenvalue weighted by Gasteiger charge is -2.21. The summed E-state index contributed by atoms with van der Waals surface area (Å²) in [5, 5.41) is 0. The molecule has 0 saturated heterocycles. The van der Waals surface area contributed by atoms with Crippen LogP contribution in [-0.2, 0) is 0 Å². The lowest BCUT2D eigenvalue weighted by Crippen LogP contribution is -2.09. The molecule has 23 heavy (non-hydrogen) atoms. The Bertz CT molecular complexity index is 269. The molecule has 0 nitrogen and oxygen atoms in total. The summed E-state index contributed by atoms with van der Waals surface area (Å²) in [5.74, 6) is 3.45. The number of fused-ring (bicyclic) bond motifs is 2. The van der Waals surface area contributed by atoms with Gasteiger partial charge in [0, 0.05) is 0 Å². The highest BCUT2D eigenvalue weighted by molar-refractivity contribution is 4.89. The van der Waals surface area contributed by atoms with Gasteiger partial charge in [-0.15, -0.1) is 0 Å². The van der Waals surface area contributed by atoms with Gasteiger partial charge in [-0.25, -0.2) is 0 Å². The van der Waals surface area contributed by atoms with E-state index >= 15 is 0 Å². The molecule has 2 bridgehead atoms. The Labute approximate surface area is 147 Å². The highest BCUT2D eigenvalue weighted by Gasteiger charge is 2.38. The van der Waals surface area contributed by atoms with Crippen molar-refractivity contribution in [3.05, 3.63) is 0 Å². The fourth-order valence-electron chi connectivity index (χ4n) is 5.33. The fraction of sp³-hybridized carbons (Fsp3) is 1.00. The highest BCUT2D eigenvalue weighted by atomic mass is 14.4. The molecule has 0 heteroatoms. The summed E-state index contributed by atoms with van der Waals surface area (Å²) in [6.45, 7) is 2.30. The van der Waals surface area contributed by atoms with Crippen molar-refractivity contribution in [1.29, 1.82) is 0 Å². The van der Waals surface area contributed by atoms with E-state index in [1.807, 2.05) is 0 Å². The SMILES string of the molecule is CCCCCCCCCCCCCCCCC1CC2CCC1C2. The minimum Gasteiger partial charge on any atom is -0.0654 e. The Kier molecular flexibility index (Phi) is 10.4. The molecule has 2 aliphatic carbocycles. The van der Waals surface area contributed by atoms with Crippen LogP contribution in [0.5, 0.6) is 0 Å². The van der Waals surface area contributed by atoms with Crippen LogP contribution in [0.15, 0.2) is 0 Å². The monoisotopic (exact) mass is 320 g/mol. The van der Waals surface area contributed by atoms with Crippen LogP contribution < -0.4 is 0 Å². The van der Waals surface area contributed by atoms with E-state index < -0.39 is 0 Å². The van der Waals surface area contributed by atoms with Gasteiger partial charge in [0.05, 0.1) is 0 Å². The van der Waals surface area contributed by atoms with Crippen molar-refractivity contribution >= 4 is 0 Å². The first-order valence-corrected chi connectivity index (χ1v) is 11.4. The molecule has 136 valence electrons. The van der Waals surface area contributed by atoms with Gasteiger partial charge in [0.25, 0.3) is 0 Å². The van der Waals surface area contributed by atoms with Crippen molar-refractivity contribution in [2.24, 2.45) is 17.8 Å². The average molecular weight is 321 g/mol. The highest BCUT2D eigenvalue weighted by Crippen LogP contribution is 2.50. The van der Waals surface area contributed by atoms with Gasteiger partial charge < -0.3 is 0 Å². The van der Waals surface area contributed by atoms with E-state index in [9.17, 15) is 0 Å². The molecule has 3 atom stereocenters. The fourth-order valence-corrected chi connectivity index (χ4v) is 5.33. The molecule has 0 aromatic carbocycles. The molecule has 0 aromatic heterocycles. The molecule has 0 heterocycles. The van der Waals surface area contributed by atoms with Gasteiger partial charge in [0.1, 0.15) is 0 Å². The largest absolute Gasteiger partial charge is 0.0654 e. The maximum atomic E-state index is 2.30. The Balaban J connectivity index is 1.25. The molecular weight excluding hydrogens is 276 g/mol. The summed E-state index contributed by atoms with van der Waals surface area (Å²) in [5.41, 5.74) is 0. The molecule has 3 unspecified atom stereocenters. The van der Waals surface area contributed by atoms with Crippen LogP contribution in [0.4, 0.5) is 0 Å². The third-order valence-corrected chi connectivity index (χ3v) is 6.81. The Morgan fingerprint density at radius 2 is 1.09 bits per heavy atom. The van der Waals surface area contributed by atoms with E-state index in [0.717, 1.165) is 17.8 Å². The summed E-state index contributed by atoms with van der Waals surface area (Å²) in [6, 6.07) is 0. The third kappa shape index (κ3) is 8.08. The maximum Gasteiger partial charge on any atom is -0.0383 e. The van der Waals surface area contributed by atoms with Crippen LogP contribution >= 0.6 is 0 Å². The minimum atomic E-state index is 1.14. The third-order valence-electron chi connectivity index (χ3n) is 6.81. The second-order valence-electron chi connectivity index (χ2n) is 8.82. The standard InChI is InChI=1S/C23H44/c1-2-3-4-5-6-7-8-9-10-11-12-13-14-15-16-22-19-21-17-18-23(22)20-21/h21-23H,2-20H2,1H3. The first-order valence-electron chi connectivity index (χ1n) is 11.4. The summed E-state index contributed by atoms with van der Waals surface area (Å²) in [4.78, 5) is 0. The van der Waals surface area contributed by atoms with Gasteiger partial charge in [-0.3, -0.25) is 0 Å². The van der Waals surface area contributed by atoms with Crippen LogP contribution in [0.2, 0.25) is 0 Å². The molecular formula is C23H44. The predicted octanol–water partition coefficient (Wildman–Crippen LogP) is 8.29. The molecule has 0 aromatic rings. The molecule has 2 fully saturated rings. The van der Waals surface area contributed by atoms with E-state index in [1.54, 1.807) is 32.1 Å². The first kappa shape index (κ1) is 19.3. The van der Waals surface area contributed by atoms with E-state index in [-0.39, 0.29) is 0 Å². The van der Waals surface area contributed by atoms with Gasteiger partial charge in [-0.2, -0.15) is 0 Å². The smallest absolute Gasteiger partial charge is 0.0383 e. The molecule has 0 aliphatic heterocycles. The first-order chi connectivity index (χ1) is 11.4. The molecule has 0 spiro atoms. The van der Waals surface area contributed by atoms with Crippen LogP contribution in [0.25, 0.3) is 0 Å². The number of unbranched alkanes of at least 4 members (excludes halogenated alkanes) is 13. The van der Waals surface area contributed by atoms with Crippen LogP contribution in [0, 0.1) is 17.8 Å². The van der Waals surface area contributed by atoms with Crippen molar-refractivity contribution in [2.75, 3.05) is 0 Å². The summed E-state index contributed by atoms with van der Waals surface area (Å²) in [6.07, 6.45) is 28.7. The number of hydrogen-bond acceptors (Lipinski definition) is 0. The molecule has 0 amide bonds. The van der Waals surface area contributed by atoms with Gasteiger partial charge >= 0.3 is 0 Å². The zero-order chi connectivity index (χ0) is 16.2. The van der Waals surface area contributed by atoms with Gasteiger partial charge in [0.2, 0.25) is 0 Å². The van der Waals surface area contributed by atoms with Crippen LogP contribution in [0.1, 0.15) is 129 Å². The molecule has 0 N–H and O–H groups in total. The average Bonchev–Trinajstić information content (AvgIpc) is 3.18. The summed E-state index contributed by atoms with van der Waals surface area (Å²) < 4.78 is 0. The second kappa shape index (κ2) is 12.4. The van der Waals surface area contributed by atoms with Crippen LogP contribution in [-0.4, -0.2) is 0 Å². The Morgan fingerprint density at radius 1 is 0.565 bits per heavy atom. The molecule has 2 aliphatic rings. The summed E-state index contributed by atoms with van der Waals surface area (Å²) >= 11 is 0. The van der Waals surface area contributed by atoms with Gasteiger partial charge in [-0.1, -0.05) is 110 Å². The lowest BCUT2D eigenvalue weighted by molar-refractivity contribution is 0.304. The normalized spacial score (nSPS) is 26.2. The van der Waals surface area contributed by atoms with Crippen molar-refractivity contribution in [3.8, 4) is 0 Å². The van der Waals surface area contributed by atoms with Gasteiger partial charge in [0.15, 0.2) is 0 Å². The quantitative estimate of drug-likeness (QED) is 0.266. The van der Waals surface area contributed by atoms with Crippen molar-refractivity contribution in [2.45, 2.75) is 129 Å². The van der Waals surface area contributed by atoms with E-state index in [4.69, 9.17) is 0 Å². The second-order valence-corrected chi connectivity index (χ2v) is 8.82. The predicted molar refractivity (Wildman–Crippen MR) is 104 cm³/mol. The van der Waals surface area contributed by atoms with Crippen LogP contribution in [0.3, 0.4) is 0 Å². The lowest BCUT2D eigenvalue weighted by atomic mass is 9.85.